The molecule has 1 aliphatic carbocycles. The number of fused-ring (bicyclic) bond motifs is 2. The summed E-state index contributed by atoms with van der Waals surface area (Å²) in [6, 6.07) is 9.06. The Morgan fingerprint density at radius 1 is 1.13 bits per heavy atom. The molecule has 5 heterocycles. The van der Waals surface area contributed by atoms with E-state index in [1.165, 1.54) is 30.2 Å². The number of benzene rings is 1. The predicted molar refractivity (Wildman–Crippen MR) is 171 cm³/mol. The van der Waals surface area contributed by atoms with Crippen LogP contribution in [0.5, 0.6) is 5.88 Å². The molecule has 0 unspecified atom stereocenters. The van der Waals surface area contributed by atoms with Crippen LogP contribution in [0.15, 0.2) is 31.0 Å². The summed E-state index contributed by atoms with van der Waals surface area (Å²) in [5.74, 6) is 0.769. The molecular formula is C34H39N9O2. The molecule has 2 aromatic heterocycles. The molecule has 0 spiro atoms. The van der Waals surface area contributed by atoms with Gasteiger partial charge in [0, 0.05) is 43.2 Å². The van der Waals surface area contributed by atoms with Crippen molar-refractivity contribution < 1.29 is 9.53 Å². The molecule has 2 atom stereocenters. The summed E-state index contributed by atoms with van der Waals surface area (Å²) in [7, 11) is 2.11. The van der Waals surface area contributed by atoms with E-state index in [4.69, 9.17) is 9.72 Å². The summed E-state index contributed by atoms with van der Waals surface area (Å²) in [4.78, 5) is 26.4. The van der Waals surface area contributed by atoms with E-state index in [2.05, 4.69) is 62.8 Å². The molecule has 3 aliphatic heterocycles. The number of aromatic amines is 1. The first-order valence-corrected chi connectivity index (χ1v) is 16.1. The van der Waals surface area contributed by atoms with E-state index in [0.29, 0.717) is 56.6 Å². The molecule has 3 fully saturated rings. The minimum atomic E-state index is -0.305. The average Bonchev–Trinajstić information content (AvgIpc) is 3.65. The Hall–Kier alpha value is -4.61. The SMILES string of the molecule is C=CC(=O)N1CCN(c2c(C#N)c(OC[C@@H]3CCCN3C)nc3c2CCN(c2c(C4CC4)ccc4[nH]ncc24)C3)C[C@@H]1CC#N. The fourth-order valence-electron chi connectivity index (χ4n) is 7.49. The van der Waals surface area contributed by atoms with E-state index < -0.39 is 0 Å². The number of nitriles is 2. The Morgan fingerprint density at radius 2 is 2.00 bits per heavy atom. The highest BCUT2D eigenvalue weighted by Crippen LogP contribution is 2.48. The van der Waals surface area contributed by atoms with E-state index >= 15 is 0 Å². The van der Waals surface area contributed by atoms with E-state index in [1.807, 2.05) is 6.20 Å². The zero-order valence-corrected chi connectivity index (χ0v) is 25.8. The predicted octanol–water partition coefficient (Wildman–Crippen LogP) is 3.86. The summed E-state index contributed by atoms with van der Waals surface area (Å²) in [5, 5.41) is 28.8. The molecule has 232 valence electrons. The van der Waals surface area contributed by atoms with Crippen LogP contribution in [0.4, 0.5) is 11.4 Å². The van der Waals surface area contributed by atoms with Crippen LogP contribution >= 0.6 is 0 Å². The highest BCUT2D eigenvalue weighted by molar-refractivity contribution is 5.94. The van der Waals surface area contributed by atoms with Gasteiger partial charge in [0.1, 0.15) is 18.2 Å². The topological polar surface area (TPSA) is 128 Å². The minimum absolute atomic E-state index is 0.174. The number of H-pyrrole nitrogens is 1. The van der Waals surface area contributed by atoms with Crippen molar-refractivity contribution in [3.8, 4) is 18.0 Å². The van der Waals surface area contributed by atoms with Crippen molar-refractivity contribution in [1.82, 2.24) is 25.0 Å². The standard InChI is InChI=1S/C34H39N9O2/c1-3-31(44)43-16-15-42(19-23(43)10-12-35)33-26-11-14-41(32-25(22-6-7-22)8-9-29-28(32)18-37-39-29)20-30(26)38-34(27(33)17-36)45-21-24-5-4-13-40(24)2/h3,8-9,18,22-24H,1,4-7,10-11,13-16,19-21H2,2H3,(H,37,39)/t23-,24-/m0/s1. The first-order valence-electron chi connectivity index (χ1n) is 16.1. The summed E-state index contributed by atoms with van der Waals surface area (Å²) in [6.45, 7) is 7.98. The maximum Gasteiger partial charge on any atom is 0.246 e. The number of piperazine rings is 1. The molecule has 1 saturated carbocycles. The highest BCUT2D eigenvalue weighted by Gasteiger charge is 2.36. The lowest BCUT2D eigenvalue weighted by molar-refractivity contribution is -0.128. The second-order valence-corrected chi connectivity index (χ2v) is 12.7. The molecule has 7 rings (SSSR count). The number of pyridine rings is 1. The number of carbonyl (C=O) groups excluding carboxylic acids is 1. The van der Waals surface area contributed by atoms with Gasteiger partial charge in [0.05, 0.1) is 53.9 Å². The first kappa shape index (κ1) is 29.1. The molecule has 1 aromatic carbocycles. The van der Waals surface area contributed by atoms with Crippen LogP contribution in [-0.4, -0.2) is 89.4 Å². The molecule has 1 amide bonds. The quantitative estimate of drug-likeness (QED) is 0.381. The zero-order chi connectivity index (χ0) is 31.1. The summed E-state index contributed by atoms with van der Waals surface area (Å²) in [6.07, 6.45) is 8.74. The third-order valence-corrected chi connectivity index (χ3v) is 10.0. The van der Waals surface area contributed by atoms with Crippen LogP contribution in [0.1, 0.15) is 60.4 Å². The third-order valence-electron chi connectivity index (χ3n) is 10.0. The number of ether oxygens (including phenoxy) is 1. The molecule has 0 radical (unpaired) electrons. The maximum absolute atomic E-state index is 12.6. The van der Waals surface area contributed by atoms with Gasteiger partial charge >= 0.3 is 0 Å². The zero-order valence-electron chi connectivity index (χ0n) is 25.8. The van der Waals surface area contributed by atoms with Gasteiger partial charge < -0.3 is 24.3 Å². The normalized spacial score (nSPS) is 21.8. The first-order chi connectivity index (χ1) is 22.0. The number of aromatic nitrogens is 3. The van der Waals surface area contributed by atoms with Crippen LogP contribution in [0.25, 0.3) is 10.9 Å². The molecule has 2 saturated heterocycles. The lowest BCUT2D eigenvalue weighted by atomic mass is 9.95. The molecule has 1 N–H and O–H groups in total. The number of nitrogens with one attached hydrogen (secondary N) is 1. The van der Waals surface area contributed by atoms with Crippen LogP contribution in [0, 0.1) is 22.7 Å². The fourth-order valence-corrected chi connectivity index (χ4v) is 7.49. The summed E-state index contributed by atoms with van der Waals surface area (Å²) >= 11 is 0. The van der Waals surface area contributed by atoms with Crippen LogP contribution in [0.3, 0.4) is 0 Å². The van der Waals surface area contributed by atoms with Crippen molar-refractivity contribution >= 4 is 28.2 Å². The van der Waals surface area contributed by atoms with E-state index in [-0.39, 0.29) is 24.4 Å². The number of nitrogens with zero attached hydrogens (tertiary/aromatic N) is 8. The van der Waals surface area contributed by atoms with Crippen LogP contribution < -0.4 is 14.5 Å². The van der Waals surface area contributed by atoms with Gasteiger partial charge in [0.25, 0.3) is 0 Å². The number of anilines is 2. The Labute approximate surface area is 263 Å². The lowest BCUT2D eigenvalue weighted by Gasteiger charge is -2.43. The average molecular weight is 606 g/mol. The van der Waals surface area contributed by atoms with Crippen molar-refractivity contribution in [2.24, 2.45) is 0 Å². The molecule has 45 heavy (non-hydrogen) atoms. The largest absolute Gasteiger partial charge is 0.475 e. The smallest absolute Gasteiger partial charge is 0.246 e. The number of carbonyl (C=O) groups is 1. The van der Waals surface area contributed by atoms with Crippen molar-refractivity contribution in [2.45, 2.75) is 63.1 Å². The third kappa shape index (κ3) is 5.36. The van der Waals surface area contributed by atoms with Crippen LogP contribution in [0.2, 0.25) is 0 Å². The van der Waals surface area contributed by atoms with Crippen molar-refractivity contribution in [2.75, 3.05) is 56.2 Å². The lowest BCUT2D eigenvalue weighted by Crippen LogP contribution is -2.55. The van der Waals surface area contributed by atoms with Gasteiger partial charge in [0.15, 0.2) is 0 Å². The Kier molecular flexibility index (Phi) is 7.80. The number of hydrogen-bond acceptors (Lipinski definition) is 9. The second kappa shape index (κ2) is 12.1. The van der Waals surface area contributed by atoms with Gasteiger partial charge in [-0.15, -0.1) is 0 Å². The van der Waals surface area contributed by atoms with E-state index in [1.54, 1.807) is 4.90 Å². The Morgan fingerprint density at radius 3 is 2.73 bits per heavy atom. The molecule has 3 aromatic rings. The van der Waals surface area contributed by atoms with E-state index in [9.17, 15) is 15.3 Å². The second-order valence-electron chi connectivity index (χ2n) is 12.7. The molecular weight excluding hydrogens is 566 g/mol. The van der Waals surface area contributed by atoms with Gasteiger partial charge in [-0.05, 0) is 69.3 Å². The van der Waals surface area contributed by atoms with Gasteiger partial charge in [0.2, 0.25) is 11.8 Å². The molecule has 11 heteroatoms. The van der Waals surface area contributed by atoms with E-state index in [0.717, 1.165) is 53.8 Å². The van der Waals surface area contributed by atoms with Gasteiger partial charge in [-0.2, -0.15) is 15.6 Å². The fraction of sp³-hybridized carbons (Fsp3) is 0.500. The number of likely N-dealkylation sites (tertiary alicyclic amines) is 1. The Balaban J connectivity index is 1.29. The van der Waals surface area contributed by atoms with Crippen LogP contribution in [-0.2, 0) is 17.8 Å². The van der Waals surface area contributed by atoms with Crippen molar-refractivity contribution in [3.63, 3.8) is 0 Å². The summed E-state index contributed by atoms with van der Waals surface area (Å²) < 4.78 is 6.44. The number of likely N-dealkylation sites (N-methyl/N-ethyl adjacent to an activating group) is 1. The monoisotopic (exact) mass is 605 g/mol. The molecule has 11 nitrogen and oxygen atoms in total. The van der Waals surface area contributed by atoms with Crippen molar-refractivity contribution in [1.29, 1.82) is 10.5 Å². The minimum Gasteiger partial charge on any atom is -0.475 e. The van der Waals surface area contributed by atoms with Crippen molar-refractivity contribution in [3.05, 3.63) is 53.4 Å². The number of rotatable bonds is 8. The summed E-state index contributed by atoms with van der Waals surface area (Å²) in [5.41, 5.74) is 6.86. The molecule has 0 bridgehead atoms. The van der Waals surface area contributed by atoms with Gasteiger partial charge in [-0.25, -0.2) is 4.98 Å². The maximum atomic E-state index is 12.6. The molecule has 4 aliphatic rings. The number of amides is 1. The van der Waals surface area contributed by atoms with Gasteiger partial charge in [-0.1, -0.05) is 12.6 Å². The highest BCUT2D eigenvalue weighted by atomic mass is 16.5. The Bertz CT molecular complexity index is 1710. The van der Waals surface area contributed by atoms with Gasteiger partial charge in [-0.3, -0.25) is 9.89 Å². The number of hydrogen-bond donors (Lipinski definition) is 1.